The number of aromatic amines is 1. The van der Waals surface area contributed by atoms with Crippen LogP contribution < -0.4 is 0 Å². The minimum absolute atomic E-state index is 0.0635. The molecule has 100 valence electrons. The number of halogens is 4. The Bertz CT molecular complexity index is 687. The van der Waals surface area contributed by atoms with E-state index in [0.29, 0.717) is 6.07 Å². The number of nitrogens with one attached hydrogen (secondary N) is 1. The Morgan fingerprint density at radius 1 is 1.21 bits per heavy atom. The van der Waals surface area contributed by atoms with Gasteiger partial charge in [0.15, 0.2) is 0 Å². The first-order chi connectivity index (χ1) is 8.71. The fourth-order valence-corrected chi connectivity index (χ4v) is 1.70. The van der Waals surface area contributed by atoms with Crippen molar-refractivity contribution in [3.05, 3.63) is 35.3 Å². The zero-order valence-corrected chi connectivity index (χ0v) is 9.01. The van der Waals surface area contributed by atoms with Gasteiger partial charge in [-0.3, -0.25) is 4.79 Å². The van der Waals surface area contributed by atoms with E-state index in [4.69, 9.17) is 5.11 Å². The normalized spacial score (nSPS) is 11.8. The highest BCUT2D eigenvalue weighted by Crippen LogP contribution is 2.30. The van der Waals surface area contributed by atoms with Gasteiger partial charge in [-0.2, -0.15) is 13.2 Å². The number of carboxylic acids is 1. The van der Waals surface area contributed by atoms with E-state index in [1.54, 1.807) is 0 Å². The SMILES string of the molecule is O=C(O)c1[nH]c2ccc(F)cc2c1C(=O)C(F)(F)F. The second-order valence-electron chi connectivity index (χ2n) is 3.70. The van der Waals surface area contributed by atoms with Crippen molar-refractivity contribution in [1.29, 1.82) is 0 Å². The second kappa shape index (κ2) is 4.08. The summed E-state index contributed by atoms with van der Waals surface area (Å²) in [4.78, 5) is 24.3. The van der Waals surface area contributed by atoms with Crippen molar-refractivity contribution in [2.45, 2.75) is 6.18 Å². The summed E-state index contributed by atoms with van der Waals surface area (Å²) in [5, 5.41) is 8.39. The van der Waals surface area contributed by atoms with Gasteiger partial charge < -0.3 is 10.1 Å². The lowest BCUT2D eigenvalue weighted by Gasteiger charge is -2.05. The molecular formula is C11H5F4NO3. The minimum Gasteiger partial charge on any atom is -0.477 e. The largest absolute Gasteiger partial charge is 0.477 e. The van der Waals surface area contributed by atoms with Gasteiger partial charge in [0.25, 0.3) is 5.78 Å². The maximum absolute atomic E-state index is 13.0. The summed E-state index contributed by atoms with van der Waals surface area (Å²) in [6, 6.07) is 2.67. The van der Waals surface area contributed by atoms with Crippen LogP contribution in [0.25, 0.3) is 10.9 Å². The van der Waals surface area contributed by atoms with Gasteiger partial charge >= 0.3 is 12.1 Å². The van der Waals surface area contributed by atoms with Crippen molar-refractivity contribution in [1.82, 2.24) is 4.98 Å². The lowest BCUT2D eigenvalue weighted by atomic mass is 10.1. The van der Waals surface area contributed by atoms with E-state index >= 15 is 0 Å². The molecule has 0 atom stereocenters. The highest BCUT2D eigenvalue weighted by molar-refractivity contribution is 6.16. The number of Topliss-reactive ketones (excluding diaryl/α,β-unsaturated/α-hetero) is 1. The molecule has 0 saturated heterocycles. The number of aromatic nitrogens is 1. The number of carbonyl (C=O) groups excluding carboxylic acids is 1. The topological polar surface area (TPSA) is 70.2 Å². The summed E-state index contributed by atoms with van der Waals surface area (Å²) in [5.74, 6) is -4.94. The van der Waals surface area contributed by atoms with Crippen molar-refractivity contribution in [3.63, 3.8) is 0 Å². The number of carboxylic acid groups (broad SMARTS) is 1. The summed E-state index contributed by atoms with van der Waals surface area (Å²) < 4.78 is 50.3. The predicted molar refractivity (Wildman–Crippen MR) is 55.6 cm³/mol. The monoisotopic (exact) mass is 275 g/mol. The van der Waals surface area contributed by atoms with E-state index in [-0.39, 0.29) is 5.52 Å². The molecule has 0 radical (unpaired) electrons. The molecule has 1 heterocycles. The molecular weight excluding hydrogens is 270 g/mol. The molecule has 2 aromatic rings. The Morgan fingerprint density at radius 3 is 2.37 bits per heavy atom. The molecule has 0 fully saturated rings. The molecule has 19 heavy (non-hydrogen) atoms. The summed E-state index contributed by atoms with van der Waals surface area (Å²) in [5.41, 5.74) is -2.07. The van der Waals surface area contributed by atoms with E-state index < -0.39 is 40.4 Å². The third-order valence-corrected chi connectivity index (χ3v) is 2.46. The second-order valence-corrected chi connectivity index (χ2v) is 3.70. The van der Waals surface area contributed by atoms with Gasteiger partial charge in [-0.15, -0.1) is 0 Å². The van der Waals surface area contributed by atoms with Crippen molar-refractivity contribution in [2.24, 2.45) is 0 Å². The van der Waals surface area contributed by atoms with Gasteiger partial charge in [-0.05, 0) is 18.2 Å². The zero-order valence-electron chi connectivity index (χ0n) is 9.01. The van der Waals surface area contributed by atoms with Crippen molar-refractivity contribution < 1.29 is 32.3 Å². The Hall–Kier alpha value is -2.38. The number of H-pyrrole nitrogens is 1. The van der Waals surface area contributed by atoms with Crippen molar-refractivity contribution >= 4 is 22.7 Å². The van der Waals surface area contributed by atoms with Crippen LogP contribution in [0.1, 0.15) is 20.8 Å². The highest BCUT2D eigenvalue weighted by atomic mass is 19.4. The van der Waals surface area contributed by atoms with Crippen LogP contribution in [0.5, 0.6) is 0 Å². The van der Waals surface area contributed by atoms with Gasteiger partial charge in [-0.25, -0.2) is 9.18 Å². The van der Waals surface area contributed by atoms with Crippen molar-refractivity contribution in [3.8, 4) is 0 Å². The molecule has 1 aromatic heterocycles. The molecule has 1 aromatic carbocycles. The van der Waals surface area contributed by atoms with Crippen molar-refractivity contribution in [2.75, 3.05) is 0 Å². The van der Waals surface area contributed by atoms with Crippen LogP contribution in [0, 0.1) is 5.82 Å². The standard InChI is InChI=1S/C11H5F4NO3/c12-4-1-2-6-5(3-4)7(8(16-6)10(18)19)9(17)11(13,14)15/h1-3,16H,(H,18,19). The summed E-state index contributed by atoms with van der Waals surface area (Å²) >= 11 is 0. The molecule has 4 nitrogen and oxygen atoms in total. The average Bonchev–Trinajstić information content (AvgIpc) is 2.65. The number of alkyl halides is 3. The maximum Gasteiger partial charge on any atom is 0.454 e. The number of rotatable bonds is 2. The lowest BCUT2D eigenvalue weighted by Crippen LogP contribution is -2.24. The maximum atomic E-state index is 13.0. The molecule has 0 unspecified atom stereocenters. The van der Waals surface area contributed by atoms with Crippen LogP contribution in [-0.4, -0.2) is 28.0 Å². The van der Waals surface area contributed by atoms with Crippen LogP contribution >= 0.6 is 0 Å². The molecule has 0 aliphatic rings. The molecule has 0 aliphatic heterocycles. The Morgan fingerprint density at radius 2 is 1.84 bits per heavy atom. The smallest absolute Gasteiger partial charge is 0.454 e. The van der Waals surface area contributed by atoms with E-state index in [0.717, 1.165) is 12.1 Å². The summed E-state index contributed by atoms with van der Waals surface area (Å²) in [6.07, 6.45) is -5.24. The first kappa shape index (κ1) is 13.1. The van der Waals surface area contributed by atoms with Gasteiger partial charge in [0.2, 0.25) is 0 Å². The molecule has 0 aliphatic carbocycles. The van der Waals surface area contributed by atoms with E-state index in [1.807, 2.05) is 0 Å². The lowest BCUT2D eigenvalue weighted by molar-refractivity contribution is -0.0884. The molecule has 0 saturated carbocycles. The summed E-state index contributed by atoms with van der Waals surface area (Å²) in [6.45, 7) is 0. The average molecular weight is 275 g/mol. The highest BCUT2D eigenvalue weighted by Gasteiger charge is 2.43. The third kappa shape index (κ3) is 2.16. The van der Waals surface area contributed by atoms with Crippen LogP contribution in [-0.2, 0) is 0 Å². The molecule has 0 amide bonds. The van der Waals surface area contributed by atoms with E-state index in [9.17, 15) is 27.2 Å². The Balaban J connectivity index is 2.82. The molecule has 0 spiro atoms. The number of hydrogen-bond donors (Lipinski definition) is 2. The number of carbonyl (C=O) groups is 2. The first-order valence-corrected chi connectivity index (χ1v) is 4.88. The Kier molecular flexibility index (Phi) is 2.80. The molecule has 2 N–H and O–H groups in total. The minimum atomic E-state index is -5.24. The molecule has 0 bridgehead atoms. The van der Waals surface area contributed by atoms with Gasteiger partial charge in [0.1, 0.15) is 11.5 Å². The van der Waals surface area contributed by atoms with Gasteiger partial charge in [0, 0.05) is 10.9 Å². The molecule has 2 rings (SSSR count). The number of ketones is 1. The van der Waals surface area contributed by atoms with Crippen LogP contribution in [0.2, 0.25) is 0 Å². The third-order valence-electron chi connectivity index (χ3n) is 2.46. The van der Waals surface area contributed by atoms with Crippen LogP contribution in [0.15, 0.2) is 18.2 Å². The van der Waals surface area contributed by atoms with Crippen LogP contribution in [0.3, 0.4) is 0 Å². The predicted octanol–water partition coefficient (Wildman–Crippen LogP) is 2.75. The number of hydrogen-bond acceptors (Lipinski definition) is 2. The fraction of sp³-hybridized carbons (Fsp3) is 0.0909. The first-order valence-electron chi connectivity index (χ1n) is 4.88. The van der Waals surface area contributed by atoms with Crippen LogP contribution in [0.4, 0.5) is 17.6 Å². The van der Waals surface area contributed by atoms with E-state index in [2.05, 4.69) is 4.98 Å². The Labute approximate surface area is 102 Å². The number of fused-ring (bicyclic) bond motifs is 1. The fourth-order valence-electron chi connectivity index (χ4n) is 1.70. The van der Waals surface area contributed by atoms with Gasteiger partial charge in [-0.1, -0.05) is 0 Å². The summed E-state index contributed by atoms with van der Waals surface area (Å²) in [7, 11) is 0. The number of aromatic carboxylic acids is 1. The quantitative estimate of drug-likeness (QED) is 0.654. The molecule has 8 heteroatoms. The van der Waals surface area contributed by atoms with E-state index in [1.165, 1.54) is 0 Å². The zero-order chi connectivity index (χ0) is 14.4. The number of benzene rings is 1. The van der Waals surface area contributed by atoms with Gasteiger partial charge in [0.05, 0.1) is 5.56 Å².